The topological polar surface area (TPSA) is 73.8 Å². The zero-order valence-corrected chi connectivity index (χ0v) is 16.9. The Morgan fingerprint density at radius 2 is 1.75 bits per heavy atom. The zero-order valence-electron chi connectivity index (χ0n) is 16.1. The Balaban J connectivity index is 1.78. The van der Waals surface area contributed by atoms with Crippen LogP contribution in [0.5, 0.6) is 0 Å². The third-order valence-corrected chi connectivity index (χ3v) is 6.42. The van der Waals surface area contributed by atoms with Crippen LogP contribution in [0.15, 0.2) is 29.3 Å². The van der Waals surface area contributed by atoms with Gasteiger partial charge in [-0.05, 0) is 36.8 Å². The summed E-state index contributed by atoms with van der Waals surface area (Å²) in [6.07, 6.45) is 2.38. The average Bonchev–Trinajstić information content (AvgIpc) is 2.67. The van der Waals surface area contributed by atoms with Crippen molar-refractivity contribution in [1.29, 1.82) is 0 Å². The van der Waals surface area contributed by atoms with Crippen molar-refractivity contribution in [3.63, 3.8) is 0 Å². The summed E-state index contributed by atoms with van der Waals surface area (Å²) in [6.45, 7) is 2.43. The molecule has 0 unspecified atom stereocenters. The molecule has 0 aromatic heterocycles. The maximum absolute atomic E-state index is 12.6. The van der Waals surface area contributed by atoms with E-state index in [1.807, 2.05) is 0 Å². The Kier molecular flexibility index (Phi) is 7.70. The van der Waals surface area contributed by atoms with Gasteiger partial charge in [-0.1, -0.05) is 31.2 Å². The lowest BCUT2D eigenvalue weighted by Crippen LogP contribution is -2.51. The number of aliphatic imine (C=N–C) groups is 1. The Hall–Kier alpha value is -1.81. The van der Waals surface area contributed by atoms with Crippen LogP contribution in [0.4, 0.5) is 13.2 Å². The molecule has 1 aromatic rings. The van der Waals surface area contributed by atoms with E-state index in [4.69, 9.17) is 0 Å². The highest BCUT2D eigenvalue weighted by atomic mass is 32.2. The van der Waals surface area contributed by atoms with Gasteiger partial charge >= 0.3 is 15.5 Å². The van der Waals surface area contributed by atoms with Crippen molar-refractivity contribution in [2.45, 2.75) is 44.2 Å². The number of benzene rings is 1. The summed E-state index contributed by atoms with van der Waals surface area (Å²) in [5.74, 6) is 0.558. The van der Waals surface area contributed by atoms with E-state index in [9.17, 15) is 21.6 Å². The molecular weight excluding hydrogens is 393 g/mol. The van der Waals surface area contributed by atoms with Crippen molar-refractivity contribution in [1.82, 2.24) is 14.9 Å². The zero-order chi connectivity index (χ0) is 20.8. The van der Waals surface area contributed by atoms with Crippen LogP contribution in [0.25, 0.3) is 0 Å². The first-order valence-electron chi connectivity index (χ1n) is 9.28. The molecule has 0 saturated carbocycles. The Morgan fingerprint density at radius 3 is 2.25 bits per heavy atom. The van der Waals surface area contributed by atoms with Crippen LogP contribution >= 0.6 is 0 Å². The first kappa shape index (κ1) is 22.5. The molecular formula is C18H27F3N4O2S. The van der Waals surface area contributed by atoms with Crippen molar-refractivity contribution in [3.05, 3.63) is 35.4 Å². The van der Waals surface area contributed by atoms with Crippen molar-refractivity contribution < 1.29 is 21.6 Å². The van der Waals surface area contributed by atoms with E-state index in [0.717, 1.165) is 12.8 Å². The molecule has 0 spiro atoms. The third kappa shape index (κ3) is 5.84. The smallest absolute Gasteiger partial charge is 0.356 e. The largest absolute Gasteiger partial charge is 0.511 e. The van der Waals surface area contributed by atoms with Gasteiger partial charge in [0.25, 0.3) is 0 Å². The molecule has 1 fully saturated rings. The molecule has 0 bridgehead atoms. The molecule has 158 valence electrons. The molecule has 1 aromatic carbocycles. The summed E-state index contributed by atoms with van der Waals surface area (Å²) in [4.78, 5) is 4.13. The maximum Gasteiger partial charge on any atom is 0.511 e. The fourth-order valence-electron chi connectivity index (χ4n) is 3.04. The highest BCUT2D eigenvalue weighted by molar-refractivity contribution is 7.90. The molecule has 0 atom stereocenters. The second kappa shape index (κ2) is 9.60. The van der Waals surface area contributed by atoms with Gasteiger partial charge in [0.1, 0.15) is 0 Å². The number of sulfonamides is 1. The number of nitrogens with zero attached hydrogens (tertiary/aromatic N) is 2. The van der Waals surface area contributed by atoms with Gasteiger partial charge in [-0.2, -0.15) is 17.5 Å². The van der Waals surface area contributed by atoms with Crippen LogP contribution in [0.2, 0.25) is 0 Å². The lowest BCUT2D eigenvalue weighted by Gasteiger charge is -2.32. The van der Waals surface area contributed by atoms with Crippen LogP contribution < -0.4 is 10.6 Å². The number of hydrogen-bond donors (Lipinski definition) is 2. The predicted octanol–water partition coefficient (Wildman–Crippen LogP) is 2.27. The van der Waals surface area contributed by atoms with Crippen LogP contribution in [0.3, 0.4) is 0 Å². The second-order valence-electron chi connectivity index (χ2n) is 6.69. The second-order valence-corrected chi connectivity index (χ2v) is 8.62. The summed E-state index contributed by atoms with van der Waals surface area (Å²) in [6, 6.07) is 8.26. The third-order valence-electron chi connectivity index (χ3n) is 4.79. The summed E-state index contributed by atoms with van der Waals surface area (Å²) in [5.41, 5.74) is -2.76. The van der Waals surface area contributed by atoms with E-state index in [1.54, 1.807) is 7.05 Å². The van der Waals surface area contributed by atoms with Crippen molar-refractivity contribution in [3.8, 4) is 0 Å². The number of guanidine groups is 1. The van der Waals surface area contributed by atoms with Crippen molar-refractivity contribution >= 4 is 16.0 Å². The van der Waals surface area contributed by atoms with Crippen molar-refractivity contribution in [2.24, 2.45) is 4.99 Å². The van der Waals surface area contributed by atoms with E-state index in [-0.39, 0.29) is 32.0 Å². The van der Waals surface area contributed by atoms with Crippen molar-refractivity contribution in [2.75, 3.05) is 26.7 Å². The maximum atomic E-state index is 12.6. The van der Waals surface area contributed by atoms with Gasteiger partial charge < -0.3 is 10.6 Å². The number of piperidine rings is 1. The average molecular weight is 421 g/mol. The highest BCUT2D eigenvalue weighted by Crippen LogP contribution is 2.28. The van der Waals surface area contributed by atoms with E-state index in [0.29, 0.717) is 16.8 Å². The summed E-state index contributed by atoms with van der Waals surface area (Å²) in [5, 5.41) is 6.34. The fourth-order valence-corrected chi connectivity index (χ4v) is 4.03. The first-order chi connectivity index (χ1) is 13.2. The number of aryl methyl sites for hydroxylation is 1. The number of nitrogens with one attached hydrogen (secondary N) is 2. The van der Waals surface area contributed by atoms with Gasteiger partial charge in [-0.15, -0.1) is 0 Å². The monoisotopic (exact) mass is 420 g/mol. The Morgan fingerprint density at radius 1 is 1.18 bits per heavy atom. The van der Waals surface area contributed by atoms with Gasteiger partial charge in [-0.25, -0.2) is 8.42 Å². The predicted molar refractivity (Wildman–Crippen MR) is 104 cm³/mol. The van der Waals surface area contributed by atoms with Gasteiger partial charge in [0, 0.05) is 32.7 Å². The van der Waals surface area contributed by atoms with Crippen LogP contribution in [-0.2, 0) is 22.9 Å². The molecule has 28 heavy (non-hydrogen) atoms. The van der Waals surface area contributed by atoms with Crippen LogP contribution in [0.1, 0.15) is 30.9 Å². The van der Waals surface area contributed by atoms with E-state index >= 15 is 0 Å². The lowest BCUT2D eigenvalue weighted by molar-refractivity contribution is -0.0494. The normalized spacial score (nSPS) is 17.5. The molecule has 0 amide bonds. The number of alkyl halides is 3. The molecule has 1 aliphatic rings. The lowest BCUT2D eigenvalue weighted by atomic mass is 10.1. The Bertz CT molecular complexity index is 756. The number of hydrogen-bond acceptors (Lipinski definition) is 3. The standard InChI is InChI=1S/C18H27F3N4O2S/c1-3-14-4-6-15(7-5-14)8-11-23-17(22-2)24-16-9-12-25(13-10-16)28(26,27)18(19,20)21/h4-7,16H,3,8-13H2,1-2H3,(H2,22,23,24). The summed E-state index contributed by atoms with van der Waals surface area (Å²) >= 11 is 0. The van der Waals surface area contributed by atoms with Crippen LogP contribution in [-0.4, -0.2) is 56.9 Å². The number of rotatable bonds is 6. The minimum Gasteiger partial charge on any atom is -0.356 e. The van der Waals surface area contributed by atoms with Gasteiger partial charge in [-0.3, -0.25) is 4.99 Å². The minimum absolute atomic E-state index is 0.130. The molecule has 0 aliphatic carbocycles. The minimum atomic E-state index is -5.25. The molecule has 1 saturated heterocycles. The van der Waals surface area contributed by atoms with Gasteiger partial charge in [0.15, 0.2) is 5.96 Å². The number of halogens is 3. The molecule has 10 heteroatoms. The fraction of sp³-hybridized carbons (Fsp3) is 0.611. The summed E-state index contributed by atoms with van der Waals surface area (Å²) < 4.78 is 61.3. The first-order valence-corrected chi connectivity index (χ1v) is 10.7. The molecule has 0 radical (unpaired) electrons. The van der Waals surface area contributed by atoms with E-state index in [2.05, 4.69) is 46.8 Å². The summed E-state index contributed by atoms with van der Waals surface area (Å²) in [7, 11) is -3.63. The SMILES string of the molecule is CCc1ccc(CCNC(=NC)NC2CCN(S(=O)(=O)C(F)(F)F)CC2)cc1. The Labute approximate surface area is 164 Å². The van der Waals surface area contributed by atoms with Gasteiger partial charge in [0.2, 0.25) is 0 Å². The molecule has 1 heterocycles. The van der Waals surface area contributed by atoms with Crippen LogP contribution in [0, 0.1) is 0 Å². The molecule has 2 N–H and O–H groups in total. The highest BCUT2D eigenvalue weighted by Gasteiger charge is 2.50. The quantitative estimate of drug-likeness (QED) is 0.547. The van der Waals surface area contributed by atoms with E-state index < -0.39 is 15.5 Å². The molecule has 1 aliphatic heterocycles. The van der Waals surface area contributed by atoms with E-state index in [1.165, 1.54) is 11.1 Å². The molecule has 2 rings (SSSR count). The van der Waals surface area contributed by atoms with Gasteiger partial charge in [0.05, 0.1) is 0 Å². The molecule has 6 nitrogen and oxygen atoms in total.